The maximum Gasteiger partial charge on any atom is 0.410 e. The first kappa shape index (κ1) is 17.3. The fourth-order valence-corrected chi connectivity index (χ4v) is 2.33. The third kappa shape index (κ3) is 4.96. The zero-order valence-electron chi connectivity index (χ0n) is 13.7. The molecular formula is C17H23NO5. The van der Waals surface area contributed by atoms with Crippen LogP contribution in [0.1, 0.15) is 31.1 Å². The van der Waals surface area contributed by atoms with Gasteiger partial charge in [0.1, 0.15) is 5.60 Å². The first-order valence-electron chi connectivity index (χ1n) is 7.64. The number of amides is 1. The molecule has 1 aromatic rings. The summed E-state index contributed by atoms with van der Waals surface area (Å²) in [6.07, 6.45) is -1.19. The molecule has 6 nitrogen and oxygen atoms in total. The SMILES string of the molecule is CC(C)(C)OC(=O)N1C[C@H](COC(=O)c2ccccc2)[C@@H](O)C1. The number of hydrogen-bond acceptors (Lipinski definition) is 5. The summed E-state index contributed by atoms with van der Waals surface area (Å²) in [7, 11) is 0. The molecule has 1 amide bonds. The van der Waals surface area contributed by atoms with Crippen LogP contribution in [-0.2, 0) is 9.47 Å². The van der Waals surface area contributed by atoms with Crippen LogP contribution in [0.2, 0.25) is 0 Å². The van der Waals surface area contributed by atoms with Crippen molar-refractivity contribution in [2.75, 3.05) is 19.7 Å². The molecule has 0 spiro atoms. The molecule has 0 saturated carbocycles. The molecule has 2 atom stereocenters. The summed E-state index contributed by atoms with van der Waals surface area (Å²) in [5.74, 6) is -0.747. The lowest BCUT2D eigenvalue weighted by Gasteiger charge is -2.24. The second kappa shape index (κ2) is 7.00. The van der Waals surface area contributed by atoms with Crippen LogP contribution in [0.25, 0.3) is 0 Å². The zero-order chi connectivity index (χ0) is 17.0. The molecular weight excluding hydrogens is 298 g/mol. The number of likely N-dealkylation sites (tertiary alicyclic amines) is 1. The van der Waals surface area contributed by atoms with Crippen molar-refractivity contribution in [1.29, 1.82) is 0 Å². The number of aliphatic hydroxyl groups excluding tert-OH is 1. The normalized spacial score (nSPS) is 21.1. The Morgan fingerprint density at radius 2 is 1.87 bits per heavy atom. The van der Waals surface area contributed by atoms with Crippen molar-refractivity contribution < 1.29 is 24.2 Å². The summed E-state index contributed by atoms with van der Waals surface area (Å²) in [5.41, 5.74) is -0.121. The smallest absolute Gasteiger partial charge is 0.410 e. The highest BCUT2D eigenvalue weighted by Crippen LogP contribution is 2.20. The molecule has 1 fully saturated rings. The highest BCUT2D eigenvalue weighted by Gasteiger charge is 2.36. The molecule has 23 heavy (non-hydrogen) atoms. The van der Waals surface area contributed by atoms with Gasteiger partial charge in [-0.05, 0) is 32.9 Å². The number of rotatable bonds is 3. The Morgan fingerprint density at radius 3 is 2.48 bits per heavy atom. The van der Waals surface area contributed by atoms with Crippen LogP contribution >= 0.6 is 0 Å². The minimum absolute atomic E-state index is 0.0637. The lowest BCUT2D eigenvalue weighted by atomic mass is 10.1. The summed E-state index contributed by atoms with van der Waals surface area (Å²) < 4.78 is 10.5. The van der Waals surface area contributed by atoms with Crippen LogP contribution in [0.4, 0.5) is 4.79 Å². The van der Waals surface area contributed by atoms with Crippen LogP contribution in [0.3, 0.4) is 0 Å². The second-order valence-electron chi connectivity index (χ2n) is 6.68. The molecule has 1 N–H and O–H groups in total. The van der Waals surface area contributed by atoms with Gasteiger partial charge in [-0.1, -0.05) is 18.2 Å². The fourth-order valence-electron chi connectivity index (χ4n) is 2.33. The number of β-amino-alcohol motifs (C(OH)–C–C–N with tert-alkyl or cyclic N) is 1. The van der Waals surface area contributed by atoms with Crippen molar-refractivity contribution >= 4 is 12.1 Å². The van der Waals surface area contributed by atoms with E-state index in [1.165, 1.54) is 4.90 Å². The van der Waals surface area contributed by atoms with Gasteiger partial charge in [-0.25, -0.2) is 9.59 Å². The summed E-state index contributed by atoms with van der Waals surface area (Å²) in [5, 5.41) is 10.0. The predicted molar refractivity (Wildman–Crippen MR) is 84.0 cm³/mol. The minimum atomic E-state index is -0.730. The molecule has 0 radical (unpaired) electrons. The average Bonchev–Trinajstić information content (AvgIpc) is 2.85. The molecule has 1 aromatic carbocycles. The van der Waals surface area contributed by atoms with Gasteiger partial charge in [0.2, 0.25) is 0 Å². The second-order valence-corrected chi connectivity index (χ2v) is 6.68. The van der Waals surface area contributed by atoms with Crippen LogP contribution in [0, 0.1) is 5.92 Å². The summed E-state index contributed by atoms with van der Waals surface area (Å²) >= 11 is 0. The highest BCUT2D eigenvalue weighted by molar-refractivity contribution is 5.89. The zero-order valence-corrected chi connectivity index (χ0v) is 13.7. The van der Waals surface area contributed by atoms with E-state index in [1.807, 2.05) is 6.07 Å². The van der Waals surface area contributed by atoms with Gasteiger partial charge in [0.25, 0.3) is 0 Å². The summed E-state index contributed by atoms with van der Waals surface area (Å²) in [6.45, 7) is 5.92. The molecule has 2 rings (SSSR count). The molecule has 1 heterocycles. The number of carbonyl (C=O) groups is 2. The molecule has 1 saturated heterocycles. The van der Waals surface area contributed by atoms with Gasteiger partial charge in [0.05, 0.1) is 24.8 Å². The van der Waals surface area contributed by atoms with E-state index in [1.54, 1.807) is 45.0 Å². The molecule has 0 aliphatic carbocycles. The fraction of sp³-hybridized carbons (Fsp3) is 0.529. The Kier molecular flexibility index (Phi) is 5.26. The lowest BCUT2D eigenvalue weighted by molar-refractivity contribution is 0.0269. The Labute approximate surface area is 136 Å². The number of ether oxygens (including phenoxy) is 2. The van der Waals surface area contributed by atoms with Crippen molar-refractivity contribution in [2.45, 2.75) is 32.5 Å². The summed E-state index contributed by atoms with van der Waals surface area (Å²) in [6, 6.07) is 8.66. The number of esters is 1. The van der Waals surface area contributed by atoms with Gasteiger partial charge < -0.3 is 19.5 Å². The van der Waals surface area contributed by atoms with Crippen LogP contribution in [0.5, 0.6) is 0 Å². The van der Waals surface area contributed by atoms with E-state index in [2.05, 4.69) is 0 Å². The number of benzene rings is 1. The van der Waals surface area contributed by atoms with Gasteiger partial charge >= 0.3 is 12.1 Å². The van der Waals surface area contributed by atoms with E-state index in [-0.39, 0.29) is 19.1 Å². The van der Waals surface area contributed by atoms with Gasteiger partial charge in [-0.2, -0.15) is 0 Å². The third-order valence-electron chi connectivity index (χ3n) is 3.50. The summed E-state index contributed by atoms with van der Waals surface area (Å²) in [4.78, 5) is 25.3. The maximum atomic E-state index is 12.0. The average molecular weight is 321 g/mol. The van der Waals surface area contributed by atoms with Crippen LogP contribution < -0.4 is 0 Å². The monoisotopic (exact) mass is 321 g/mol. The van der Waals surface area contributed by atoms with Gasteiger partial charge in [-0.3, -0.25) is 0 Å². The van der Waals surface area contributed by atoms with Crippen LogP contribution in [0.15, 0.2) is 30.3 Å². The topological polar surface area (TPSA) is 76.1 Å². The van der Waals surface area contributed by atoms with Crippen molar-refractivity contribution in [3.05, 3.63) is 35.9 Å². The van der Waals surface area contributed by atoms with E-state index in [9.17, 15) is 14.7 Å². The van der Waals surface area contributed by atoms with Gasteiger partial charge in [-0.15, -0.1) is 0 Å². The molecule has 0 aromatic heterocycles. The van der Waals surface area contributed by atoms with E-state index >= 15 is 0 Å². The van der Waals surface area contributed by atoms with Crippen LogP contribution in [-0.4, -0.2) is 53.5 Å². The highest BCUT2D eigenvalue weighted by atomic mass is 16.6. The Bertz CT molecular complexity index is 552. The first-order chi connectivity index (χ1) is 10.8. The van der Waals surface area contributed by atoms with Crippen molar-refractivity contribution in [2.24, 2.45) is 5.92 Å². The Balaban J connectivity index is 1.85. The van der Waals surface area contributed by atoms with Crippen molar-refractivity contribution in [3.8, 4) is 0 Å². The molecule has 1 aliphatic rings. The van der Waals surface area contributed by atoms with E-state index in [4.69, 9.17) is 9.47 Å². The van der Waals surface area contributed by atoms with E-state index < -0.39 is 23.8 Å². The first-order valence-corrected chi connectivity index (χ1v) is 7.64. The quantitative estimate of drug-likeness (QED) is 0.863. The number of carbonyl (C=O) groups excluding carboxylic acids is 2. The van der Waals surface area contributed by atoms with Gasteiger partial charge in [0, 0.05) is 12.5 Å². The van der Waals surface area contributed by atoms with E-state index in [0.29, 0.717) is 12.1 Å². The molecule has 126 valence electrons. The van der Waals surface area contributed by atoms with Crippen molar-refractivity contribution in [1.82, 2.24) is 4.90 Å². The Morgan fingerprint density at radius 1 is 1.22 bits per heavy atom. The molecule has 0 unspecified atom stereocenters. The lowest BCUT2D eigenvalue weighted by Crippen LogP contribution is -2.36. The number of aliphatic hydroxyl groups is 1. The molecule has 6 heteroatoms. The molecule has 1 aliphatic heterocycles. The minimum Gasteiger partial charge on any atom is -0.462 e. The number of nitrogens with zero attached hydrogens (tertiary/aromatic N) is 1. The Hall–Kier alpha value is -2.08. The standard InChI is InChI=1S/C17H23NO5/c1-17(2,3)23-16(21)18-9-13(14(19)10-18)11-22-15(20)12-7-5-4-6-8-12/h4-8,13-14,19H,9-11H2,1-3H3/t13-,14+/m1/s1. The predicted octanol–water partition coefficient (Wildman–Crippen LogP) is 2.07. The third-order valence-corrected chi connectivity index (χ3v) is 3.50. The maximum absolute atomic E-state index is 12.0. The van der Waals surface area contributed by atoms with Crippen molar-refractivity contribution in [3.63, 3.8) is 0 Å². The molecule has 0 bridgehead atoms. The number of hydrogen-bond donors (Lipinski definition) is 1. The van der Waals surface area contributed by atoms with Gasteiger partial charge in [0.15, 0.2) is 0 Å². The van der Waals surface area contributed by atoms with E-state index in [0.717, 1.165) is 0 Å². The largest absolute Gasteiger partial charge is 0.462 e.